The summed E-state index contributed by atoms with van der Waals surface area (Å²) in [7, 11) is 1.65. The SMILES string of the molecule is CCCOc1ccc(C2CN3C(=O)CN(CCCN(CC)CC)C(=O)C3(C)c3[nH]c4ccccc4c32)cc1OC. The maximum absolute atomic E-state index is 14.2. The smallest absolute Gasteiger partial charge is 0.254 e. The number of H-pyrrole nitrogens is 1. The molecule has 2 unspecified atom stereocenters. The molecule has 40 heavy (non-hydrogen) atoms. The Morgan fingerprint density at radius 1 is 1.07 bits per heavy atom. The first-order chi connectivity index (χ1) is 19.4. The fourth-order valence-corrected chi connectivity index (χ4v) is 6.41. The summed E-state index contributed by atoms with van der Waals surface area (Å²) in [6.07, 6.45) is 1.74. The van der Waals surface area contributed by atoms with Gasteiger partial charge in [-0.2, -0.15) is 0 Å². The lowest BCUT2D eigenvalue weighted by atomic mass is 9.76. The van der Waals surface area contributed by atoms with Gasteiger partial charge in [0.25, 0.3) is 5.91 Å². The van der Waals surface area contributed by atoms with Crippen LogP contribution in [0.15, 0.2) is 42.5 Å². The first kappa shape index (κ1) is 28.0. The van der Waals surface area contributed by atoms with E-state index in [0.717, 1.165) is 60.2 Å². The molecule has 2 aliphatic heterocycles. The molecule has 3 aromatic rings. The highest BCUT2D eigenvalue weighted by molar-refractivity contribution is 6.01. The molecule has 2 atom stereocenters. The molecule has 5 rings (SSSR count). The second kappa shape index (κ2) is 11.5. The number of aromatic amines is 1. The number of fused-ring (bicyclic) bond motifs is 5. The van der Waals surface area contributed by atoms with Crippen LogP contribution in [0, 0.1) is 0 Å². The van der Waals surface area contributed by atoms with Gasteiger partial charge >= 0.3 is 0 Å². The van der Waals surface area contributed by atoms with Crippen molar-refractivity contribution in [3.63, 3.8) is 0 Å². The van der Waals surface area contributed by atoms with Gasteiger partial charge in [-0.15, -0.1) is 0 Å². The lowest BCUT2D eigenvalue weighted by Gasteiger charge is -2.51. The van der Waals surface area contributed by atoms with Gasteiger partial charge in [0, 0.05) is 29.9 Å². The van der Waals surface area contributed by atoms with Crippen molar-refractivity contribution in [3.05, 3.63) is 59.3 Å². The van der Waals surface area contributed by atoms with Gasteiger partial charge in [-0.1, -0.05) is 45.0 Å². The van der Waals surface area contributed by atoms with Gasteiger partial charge in [-0.25, -0.2) is 0 Å². The van der Waals surface area contributed by atoms with Crippen LogP contribution >= 0.6 is 0 Å². The van der Waals surface area contributed by atoms with Gasteiger partial charge < -0.3 is 29.2 Å². The van der Waals surface area contributed by atoms with E-state index in [2.05, 4.69) is 42.8 Å². The number of carbonyl (C=O) groups is 2. The van der Waals surface area contributed by atoms with Crippen LogP contribution < -0.4 is 9.47 Å². The minimum absolute atomic E-state index is 0.0150. The number of carbonyl (C=O) groups excluding carboxylic acids is 2. The Hall–Kier alpha value is -3.52. The third kappa shape index (κ3) is 4.72. The van der Waals surface area contributed by atoms with E-state index in [1.807, 2.05) is 37.3 Å². The zero-order chi connectivity index (χ0) is 28.4. The molecule has 8 nitrogen and oxygen atoms in total. The van der Waals surface area contributed by atoms with E-state index in [9.17, 15) is 9.59 Å². The molecule has 2 amide bonds. The number of ether oxygens (including phenoxy) is 2. The zero-order valence-electron chi connectivity index (χ0n) is 24.5. The predicted octanol–water partition coefficient (Wildman–Crippen LogP) is 4.73. The molecule has 3 heterocycles. The Balaban J connectivity index is 1.56. The number of piperazine rings is 1. The van der Waals surface area contributed by atoms with Crippen LogP contribution in [0.25, 0.3) is 10.9 Å². The number of benzene rings is 2. The Bertz CT molecular complexity index is 1380. The van der Waals surface area contributed by atoms with Crippen LogP contribution in [-0.4, -0.2) is 84.5 Å². The van der Waals surface area contributed by atoms with Crippen molar-refractivity contribution in [1.82, 2.24) is 19.7 Å². The van der Waals surface area contributed by atoms with Crippen LogP contribution in [0.1, 0.15) is 63.3 Å². The molecule has 1 saturated heterocycles. The molecular weight excluding hydrogens is 504 g/mol. The summed E-state index contributed by atoms with van der Waals surface area (Å²) in [6, 6.07) is 14.2. The number of hydrogen-bond acceptors (Lipinski definition) is 5. The van der Waals surface area contributed by atoms with Crippen LogP contribution in [0.4, 0.5) is 0 Å². The molecule has 2 aromatic carbocycles. The van der Waals surface area contributed by atoms with Crippen LogP contribution in [0.2, 0.25) is 0 Å². The van der Waals surface area contributed by atoms with E-state index < -0.39 is 5.54 Å². The summed E-state index contributed by atoms with van der Waals surface area (Å²) in [5.41, 5.74) is 2.78. The Kier molecular flexibility index (Phi) is 8.08. The molecule has 1 N–H and O–H groups in total. The van der Waals surface area contributed by atoms with Crippen molar-refractivity contribution in [2.75, 3.05) is 53.0 Å². The second-order valence-corrected chi connectivity index (χ2v) is 11.0. The number of methoxy groups -OCH3 is 1. The molecule has 1 aromatic heterocycles. The number of para-hydroxylation sites is 1. The fraction of sp³-hybridized carbons (Fsp3) is 0.500. The monoisotopic (exact) mass is 546 g/mol. The summed E-state index contributed by atoms with van der Waals surface area (Å²) in [6.45, 7) is 12.9. The average molecular weight is 547 g/mol. The number of rotatable bonds is 11. The lowest BCUT2D eigenvalue weighted by molar-refractivity contribution is -0.166. The minimum atomic E-state index is -1.09. The van der Waals surface area contributed by atoms with Crippen molar-refractivity contribution in [3.8, 4) is 11.5 Å². The largest absolute Gasteiger partial charge is 0.493 e. The summed E-state index contributed by atoms with van der Waals surface area (Å²) in [5, 5.41) is 1.08. The topological polar surface area (TPSA) is 78.1 Å². The normalized spacial score (nSPS) is 20.7. The standard InChI is InChI=1S/C32H42N4O4/c1-6-18-40-26-15-14-22(19-27(26)39-5)24-20-36-28(37)21-35(17-11-16-34(7-2)8-3)31(38)32(36,4)30-29(24)23-12-9-10-13-25(23)33-30/h9-10,12-15,19,24,33H,6-8,11,16-18,20-21H2,1-5H3. The van der Waals surface area contributed by atoms with Crippen molar-refractivity contribution >= 4 is 22.7 Å². The fourth-order valence-electron chi connectivity index (χ4n) is 6.41. The van der Waals surface area contributed by atoms with Crippen molar-refractivity contribution < 1.29 is 19.1 Å². The van der Waals surface area contributed by atoms with Gasteiger partial charge in [0.15, 0.2) is 17.0 Å². The first-order valence-corrected chi connectivity index (χ1v) is 14.6. The third-order valence-corrected chi connectivity index (χ3v) is 8.67. The number of nitrogens with zero attached hydrogens (tertiary/aromatic N) is 3. The van der Waals surface area contributed by atoms with E-state index in [0.29, 0.717) is 31.2 Å². The molecular formula is C32H42N4O4. The number of aromatic nitrogens is 1. The third-order valence-electron chi connectivity index (χ3n) is 8.67. The molecule has 0 radical (unpaired) electrons. The summed E-state index contributed by atoms with van der Waals surface area (Å²) < 4.78 is 11.6. The van der Waals surface area contributed by atoms with E-state index in [1.54, 1.807) is 16.9 Å². The predicted molar refractivity (Wildman–Crippen MR) is 157 cm³/mol. The van der Waals surface area contributed by atoms with Gasteiger partial charge in [-0.3, -0.25) is 9.59 Å². The summed E-state index contributed by atoms with van der Waals surface area (Å²) in [5.74, 6) is 1.21. The number of amides is 2. The molecule has 0 aliphatic carbocycles. The average Bonchev–Trinajstić information content (AvgIpc) is 3.37. The maximum Gasteiger partial charge on any atom is 0.254 e. The van der Waals surface area contributed by atoms with Gasteiger partial charge in [0.2, 0.25) is 5.91 Å². The van der Waals surface area contributed by atoms with Gasteiger partial charge in [0.1, 0.15) is 0 Å². The minimum Gasteiger partial charge on any atom is -0.493 e. The Morgan fingerprint density at radius 2 is 1.85 bits per heavy atom. The summed E-state index contributed by atoms with van der Waals surface area (Å²) in [4.78, 5) is 37.5. The molecule has 8 heteroatoms. The highest BCUT2D eigenvalue weighted by atomic mass is 16.5. The highest BCUT2D eigenvalue weighted by Crippen LogP contribution is 2.49. The second-order valence-electron chi connectivity index (χ2n) is 11.0. The molecule has 2 aliphatic rings. The molecule has 0 spiro atoms. The lowest BCUT2D eigenvalue weighted by Crippen LogP contribution is -2.67. The van der Waals surface area contributed by atoms with Crippen LogP contribution in [0.3, 0.4) is 0 Å². The van der Waals surface area contributed by atoms with Crippen molar-refractivity contribution in [2.24, 2.45) is 0 Å². The number of hydrogen-bond donors (Lipinski definition) is 1. The number of nitrogens with one attached hydrogen (secondary N) is 1. The summed E-state index contributed by atoms with van der Waals surface area (Å²) >= 11 is 0. The maximum atomic E-state index is 14.2. The van der Waals surface area contributed by atoms with Gasteiger partial charge in [-0.05, 0) is 68.7 Å². The van der Waals surface area contributed by atoms with Crippen molar-refractivity contribution in [1.29, 1.82) is 0 Å². The quantitative estimate of drug-likeness (QED) is 0.376. The van der Waals surface area contributed by atoms with Crippen LogP contribution in [-0.2, 0) is 15.1 Å². The van der Waals surface area contributed by atoms with E-state index >= 15 is 0 Å². The highest BCUT2D eigenvalue weighted by Gasteiger charge is 2.56. The first-order valence-electron chi connectivity index (χ1n) is 14.6. The zero-order valence-corrected chi connectivity index (χ0v) is 24.5. The Labute approximate surface area is 237 Å². The Morgan fingerprint density at radius 3 is 2.58 bits per heavy atom. The molecule has 1 fully saturated rings. The molecule has 0 bridgehead atoms. The van der Waals surface area contributed by atoms with Crippen molar-refractivity contribution in [2.45, 2.75) is 52.0 Å². The molecule has 0 saturated carbocycles. The van der Waals surface area contributed by atoms with E-state index in [1.165, 1.54) is 0 Å². The van der Waals surface area contributed by atoms with Crippen LogP contribution in [0.5, 0.6) is 11.5 Å². The van der Waals surface area contributed by atoms with E-state index in [4.69, 9.17) is 9.47 Å². The van der Waals surface area contributed by atoms with Gasteiger partial charge in [0.05, 0.1) is 26.0 Å². The van der Waals surface area contributed by atoms with E-state index in [-0.39, 0.29) is 24.3 Å². The molecule has 214 valence electrons.